The van der Waals surface area contributed by atoms with Gasteiger partial charge in [0.25, 0.3) is 5.69 Å². The summed E-state index contributed by atoms with van der Waals surface area (Å²) in [5.41, 5.74) is 0.230. The lowest BCUT2D eigenvalue weighted by Crippen LogP contribution is -2.27. The maximum atomic E-state index is 12.7. The van der Waals surface area contributed by atoms with Crippen LogP contribution in [0.2, 0.25) is 0 Å². The molecule has 0 amide bonds. The third kappa shape index (κ3) is 3.74. The summed E-state index contributed by atoms with van der Waals surface area (Å²) in [5, 5.41) is 11.2. The highest BCUT2D eigenvalue weighted by molar-refractivity contribution is 9.10. The van der Waals surface area contributed by atoms with E-state index in [0.717, 1.165) is 20.4 Å². The first-order valence-electron chi connectivity index (χ1n) is 6.79. The van der Waals surface area contributed by atoms with E-state index < -0.39 is 20.6 Å². The lowest BCUT2D eigenvalue weighted by Gasteiger charge is -2.18. The van der Waals surface area contributed by atoms with Crippen molar-refractivity contribution in [3.8, 4) is 5.75 Å². The molecule has 2 rings (SSSR count). The zero-order valence-electron chi connectivity index (χ0n) is 13.0. The maximum Gasteiger partial charge on any atom is 0.293 e. The third-order valence-corrected chi connectivity index (χ3v) is 6.03. The summed E-state index contributed by atoms with van der Waals surface area (Å²) in [6, 6.07) is 10.8. The summed E-state index contributed by atoms with van der Waals surface area (Å²) in [5.74, 6) is 0.217. The fourth-order valence-corrected chi connectivity index (χ4v) is 3.80. The Kier molecular flexibility index (Phi) is 5.58. The van der Waals surface area contributed by atoms with Gasteiger partial charge in [0, 0.05) is 18.1 Å². The summed E-state index contributed by atoms with van der Waals surface area (Å²) in [6.45, 7) is 0.0763. The van der Waals surface area contributed by atoms with Crippen molar-refractivity contribution in [1.29, 1.82) is 0 Å². The fraction of sp³-hybridized carbons (Fsp3) is 0.200. The van der Waals surface area contributed by atoms with E-state index >= 15 is 0 Å². The smallest absolute Gasteiger partial charge is 0.293 e. The molecule has 0 radical (unpaired) electrons. The van der Waals surface area contributed by atoms with Gasteiger partial charge in [0.15, 0.2) is 4.90 Å². The van der Waals surface area contributed by atoms with Gasteiger partial charge in [-0.05, 0) is 23.8 Å². The fourth-order valence-electron chi connectivity index (χ4n) is 2.10. The molecule has 0 bridgehead atoms. The largest absolute Gasteiger partial charge is 0.497 e. The maximum absolute atomic E-state index is 12.7. The molecule has 2 aromatic rings. The highest BCUT2D eigenvalue weighted by Crippen LogP contribution is 2.31. The van der Waals surface area contributed by atoms with Gasteiger partial charge < -0.3 is 4.74 Å². The van der Waals surface area contributed by atoms with Crippen molar-refractivity contribution < 1.29 is 18.1 Å². The normalized spacial score (nSPS) is 11.5. The van der Waals surface area contributed by atoms with Crippen molar-refractivity contribution >= 4 is 31.6 Å². The second kappa shape index (κ2) is 7.29. The Balaban J connectivity index is 2.43. The Morgan fingerprint density at radius 2 is 1.92 bits per heavy atom. The van der Waals surface area contributed by atoms with E-state index in [-0.39, 0.29) is 17.2 Å². The van der Waals surface area contributed by atoms with Gasteiger partial charge >= 0.3 is 0 Å². The molecule has 0 aromatic heterocycles. The molecule has 0 saturated carbocycles. The lowest BCUT2D eigenvalue weighted by molar-refractivity contribution is -0.387. The molecule has 0 spiro atoms. The van der Waals surface area contributed by atoms with Crippen LogP contribution >= 0.6 is 15.9 Å². The first-order chi connectivity index (χ1) is 11.3. The van der Waals surface area contributed by atoms with Crippen LogP contribution in [0.25, 0.3) is 0 Å². The van der Waals surface area contributed by atoms with Crippen LogP contribution in [-0.4, -0.2) is 31.8 Å². The number of hydrogen-bond donors (Lipinski definition) is 0. The second-order valence-corrected chi connectivity index (χ2v) is 7.81. The second-order valence-electron chi connectivity index (χ2n) is 4.94. The van der Waals surface area contributed by atoms with Crippen molar-refractivity contribution in [1.82, 2.24) is 4.31 Å². The molecule has 0 aliphatic carbocycles. The van der Waals surface area contributed by atoms with Crippen LogP contribution in [-0.2, 0) is 16.6 Å². The number of rotatable bonds is 6. The molecule has 0 fully saturated rings. The summed E-state index contributed by atoms with van der Waals surface area (Å²) >= 11 is 3.36. The highest BCUT2D eigenvalue weighted by Gasteiger charge is 2.30. The van der Waals surface area contributed by atoms with Gasteiger partial charge in [0.05, 0.1) is 18.1 Å². The quantitative estimate of drug-likeness (QED) is 0.534. The number of hydrogen-bond acceptors (Lipinski definition) is 5. The molecule has 0 atom stereocenters. The van der Waals surface area contributed by atoms with Gasteiger partial charge in [-0.25, -0.2) is 8.42 Å². The van der Waals surface area contributed by atoms with Gasteiger partial charge in [0.2, 0.25) is 10.0 Å². The Bertz CT molecular complexity index is 870. The highest BCUT2D eigenvalue weighted by atomic mass is 79.9. The van der Waals surface area contributed by atoms with Crippen LogP contribution in [0.1, 0.15) is 5.56 Å². The molecule has 2 aromatic carbocycles. The monoisotopic (exact) mass is 414 g/mol. The summed E-state index contributed by atoms with van der Waals surface area (Å²) in [4.78, 5) is 10.1. The predicted molar refractivity (Wildman–Crippen MR) is 92.4 cm³/mol. The van der Waals surface area contributed by atoms with E-state index in [9.17, 15) is 18.5 Å². The summed E-state index contributed by atoms with van der Waals surface area (Å²) in [6.07, 6.45) is 0. The third-order valence-electron chi connectivity index (χ3n) is 3.40. The molecular formula is C15H15BrN2O5S. The van der Waals surface area contributed by atoms with E-state index in [1.807, 2.05) is 6.07 Å². The van der Waals surface area contributed by atoms with E-state index in [2.05, 4.69) is 15.9 Å². The summed E-state index contributed by atoms with van der Waals surface area (Å²) < 4.78 is 32.2. The summed E-state index contributed by atoms with van der Waals surface area (Å²) in [7, 11) is -1.31. The minimum atomic E-state index is -4.04. The number of ether oxygens (including phenoxy) is 1. The first-order valence-corrected chi connectivity index (χ1v) is 9.03. The molecule has 0 saturated heterocycles. The lowest BCUT2D eigenvalue weighted by atomic mass is 10.2. The van der Waals surface area contributed by atoms with Crippen molar-refractivity contribution in [2.45, 2.75) is 11.4 Å². The van der Waals surface area contributed by atoms with Gasteiger partial charge in [-0.1, -0.05) is 34.1 Å². The molecule has 9 heteroatoms. The zero-order chi connectivity index (χ0) is 17.9. The number of nitro benzene ring substituents is 1. The van der Waals surface area contributed by atoms with E-state index in [1.54, 1.807) is 18.2 Å². The molecule has 0 aliphatic heterocycles. The van der Waals surface area contributed by atoms with Crippen LogP contribution in [0.4, 0.5) is 5.69 Å². The Hall–Kier alpha value is -1.97. The molecule has 128 valence electrons. The minimum Gasteiger partial charge on any atom is -0.497 e. The number of sulfonamides is 1. The average molecular weight is 415 g/mol. The molecule has 24 heavy (non-hydrogen) atoms. The van der Waals surface area contributed by atoms with Crippen molar-refractivity contribution in [2.75, 3.05) is 14.2 Å². The number of halogens is 1. The van der Waals surface area contributed by atoms with Gasteiger partial charge in [-0.2, -0.15) is 4.31 Å². The number of benzene rings is 2. The molecule has 0 N–H and O–H groups in total. The molecule has 0 aliphatic rings. The van der Waals surface area contributed by atoms with Gasteiger partial charge in [0.1, 0.15) is 5.75 Å². The molecular weight excluding hydrogens is 400 g/mol. The molecule has 0 unspecified atom stereocenters. The van der Waals surface area contributed by atoms with E-state index in [0.29, 0.717) is 0 Å². The van der Waals surface area contributed by atoms with Crippen LogP contribution in [0.15, 0.2) is 51.8 Å². The van der Waals surface area contributed by atoms with Crippen molar-refractivity contribution in [3.05, 3.63) is 62.6 Å². The number of methoxy groups -OCH3 is 1. The zero-order valence-corrected chi connectivity index (χ0v) is 15.4. The predicted octanol–water partition coefficient (Wildman–Crippen LogP) is 3.19. The van der Waals surface area contributed by atoms with Gasteiger partial charge in [-0.15, -0.1) is 0 Å². The standard InChI is InChI=1S/C15H15BrN2O5S/c1-17(10-11-5-3-4-6-13(11)16)24(21,22)15-8-7-12(23-2)9-14(15)18(19)20/h3-9H,10H2,1-2H3. The van der Waals surface area contributed by atoms with Crippen LogP contribution in [0.5, 0.6) is 5.75 Å². The Labute approximate surface area is 148 Å². The topological polar surface area (TPSA) is 89.8 Å². The molecule has 0 heterocycles. The number of nitrogens with zero attached hydrogens (tertiary/aromatic N) is 2. The minimum absolute atomic E-state index is 0.0763. The average Bonchev–Trinajstić information content (AvgIpc) is 2.56. The van der Waals surface area contributed by atoms with Crippen molar-refractivity contribution in [3.63, 3.8) is 0 Å². The van der Waals surface area contributed by atoms with Crippen LogP contribution < -0.4 is 4.74 Å². The van der Waals surface area contributed by atoms with Crippen molar-refractivity contribution in [2.24, 2.45) is 0 Å². The first kappa shape index (κ1) is 18.4. The van der Waals surface area contributed by atoms with E-state index in [4.69, 9.17) is 4.74 Å². The van der Waals surface area contributed by atoms with Crippen LogP contribution in [0.3, 0.4) is 0 Å². The number of nitro groups is 1. The van der Waals surface area contributed by atoms with Gasteiger partial charge in [-0.3, -0.25) is 10.1 Å². The Morgan fingerprint density at radius 3 is 2.50 bits per heavy atom. The Morgan fingerprint density at radius 1 is 1.25 bits per heavy atom. The van der Waals surface area contributed by atoms with E-state index in [1.165, 1.54) is 26.3 Å². The SMILES string of the molecule is COc1ccc(S(=O)(=O)N(C)Cc2ccccc2Br)c([N+](=O)[O-])c1. The molecule has 7 nitrogen and oxygen atoms in total. The van der Waals surface area contributed by atoms with Crippen LogP contribution in [0, 0.1) is 10.1 Å².